The molecule has 1 heterocycles. The van der Waals surface area contributed by atoms with E-state index >= 15 is 0 Å². The topological polar surface area (TPSA) is 98.7 Å². The maximum atomic E-state index is 12.6. The fourth-order valence-corrected chi connectivity index (χ4v) is 2.89. The van der Waals surface area contributed by atoms with Gasteiger partial charge in [0.2, 0.25) is 6.41 Å². The number of carbonyl (C=O) groups is 3. The van der Waals surface area contributed by atoms with Gasteiger partial charge in [0.15, 0.2) is 0 Å². The third-order valence-corrected chi connectivity index (χ3v) is 4.07. The van der Waals surface area contributed by atoms with Gasteiger partial charge in [0.05, 0.1) is 6.04 Å². The van der Waals surface area contributed by atoms with E-state index in [1.165, 1.54) is 6.07 Å². The van der Waals surface area contributed by atoms with Crippen LogP contribution in [0.25, 0.3) is 0 Å². The van der Waals surface area contributed by atoms with Crippen LogP contribution >= 0.6 is 0 Å². The van der Waals surface area contributed by atoms with Gasteiger partial charge < -0.3 is 15.3 Å². The maximum Gasteiger partial charge on any atom is 0.321 e. The third-order valence-electron chi connectivity index (χ3n) is 4.07. The largest absolute Gasteiger partial charge is 0.508 e. The van der Waals surface area contributed by atoms with Gasteiger partial charge in [0.25, 0.3) is 5.91 Å². The Morgan fingerprint density at radius 2 is 2.00 bits per heavy atom. The standard InChI is InChI=1S/C18H17N3O4/c22-11-19-18(25)20-16(12-4-2-1-3-5-12)10-21-9-13-6-7-14(23)8-15(13)17(21)24/h1-8,11,16,23H,9-10H2,(H2,19,20,22,25)/t16-/m0/s1. The van der Waals surface area contributed by atoms with Crippen LogP contribution in [-0.2, 0) is 11.3 Å². The van der Waals surface area contributed by atoms with Crippen molar-refractivity contribution in [1.29, 1.82) is 0 Å². The number of rotatable bonds is 5. The van der Waals surface area contributed by atoms with Gasteiger partial charge in [-0.1, -0.05) is 36.4 Å². The monoisotopic (exact) mass is 339 g/mol. The molecule has 2 aromatic carbocycles. The molecule has 0 bridgehead atoms. The zero-order valence-electron chi connectivity index (χ0n) is 13.3. The van der Waals surface area contributed by atoms with Gasteiger partial charge in [-0.05, 0) is 23.3 Å². The Kier molecular flexibility index (Phi) is 4.65. The van der Waals surface area contributed by atoms with E-state index in [4.69, 9.17) is 0 Å². The summed E-state index contributed by atoms with van der Waals surface area (Å²) < 4.78 is 0. The number of benzene rings is 2. The van der Waals surface area contributed by atoms with E-state index in [1.54, 1.807) is 17.0 Å². The third kappa shape index (κ3) is 3.60. The van der Waals surface area contributed by atoms with E-state index < -0.39 is 12.1 Å². The van der Waals surface area contributed by atoms with Crippen molar-refractivity contribution >= 4 is 18.3 Å². The highest BCUT2D eigenvalue weighted by molar-refractivity contribution is 5.98. The fraction of sp³-hybridized carbons (Fsp3) is 0.167. The van der Waals surface area contributed by atoms with Crippen LogP contribution in [0.5, 0.6) is 5.75 Å². The molecule has 0 fully saturated rings. The zero-order chi connectivity index (χ0) is 17.8. The van der Waals surface area contributed by atoms with Gasteiger partial charge in [-0.2, -0.15) is 0 Å². The second-order valence-corrected chi connectivity index (χ2v) is 5.73. The summed E-state index contributed by atoms with van der Waals surface area (Å²) in [6, 6.07) is 12.8. The highest BCUT2D eigenvalue weighted by Crippen LogP contribution is 2.28. The Hall–Kier alpha value is -3.35. The lowest BCUT2D eigenvalue weighted by atomic mass is 10.1. The summed E-state index contributed by atoms with van der Waals surface area (Å²) in [7, 11) is 0. The van der Waals surface area contributed by atoms with Crippen LogP contribution in [0.1, 0.15) is 27.5 Å². The van der Waals surface area contributed by atoms with Gasteiger partial charge in [0, 0.05) is 18.7 Å². The second kappa shape index (κ2) is 7.04. The number of amides is 4. The predicted octanol–water partition coefficient (Wildman–Crippen LogP) is 1.54. The van der Waals surface area contributed by atoms with Crippen LogP contribution in [0.15, 0.2) is 48.5 Å². The van der Waals surface area contributed by atoms with Crippen molar-refractivity contribution in [3.63, 3.8) is 0 Å². The molecule has 0 aromatic heterocycles. The van der Waals surface area contributed by atoms with E-state index in [1.807, 2.05) is 35.6 Å². The molecule has 2 aromatic rings. The molecule has 0 radical (unpaired) electrons. The van der Waals surface area contributed by atoms with Crippen LogP contribution in [0.2, 0.25) is 0 Å². The van der Waals surface area contributed by atoms with Crippen molar-refractivity contribution in [3.8, 4) is 5.75 Å². The SMILES string of the molecule is O=CNC(=O)N[C@@H](CN1Cc2ccc(O)cc2C1=O)c1ccccc1. The summed E-state index contributed by atoms with van der Waals surface area (Å²) in [6.07, 6.45) is 0.303. The smallest absolute Gasteiger partial charge is 0.321 e. The van der Waals surface area contributed by atoms with Crippen LogP contribution in [0.4, 0.5) is 4.79 Å². The fourth-order valence-electron chi connectivity index (χ4n) is 2.89. The molecule has 0 saturated heterocycles. The van der Waals surface area contributed by atoms with E-state index in [0.717, 1.165) is 11.1 Å². The van der Waals surface area contributed by atoms with Gasteiger partial charge >= 0.3 is 6.03 Å². The molecule has 1 aliphatic heterocycles. The first-order valence-electron chi connectivity index (χ1n) is 7.75. The van der Waals surface area contributed by atoms with Gasteiger partial charge in [0.1, 0.15) is 5.75 Å². The van der Waals surface area contributed by atoms with Crippen molar-refractivity contribution in [2.24, 2.45) is 0 Å². The van der Waals surface area contributed by atoms with E-state index in [0.29, 0.717) is 18.5 Å². The Morgan fingerprint density at radius 1 is 1.24 bits per heavy atom. The second-order valence-electron chi connectivity index (χ2n) is 5.73. The molecule has 4 amide bonds. The highest BCUT2D eigenvalue weighted by atomic mass is 16.3. The van der Waals surface area contributed by atoms with Crippen molar-refractivity contribution < 1.29 is 19.5 Å². The Morgan fingerprint density at radius 3 is 2.72 bits per heavy atom. The number of carbonyl (C=O) groups excluding carboxylic acids is 3. The first kappa shape index (κ1) is 16.5. The lowest BCUT2D eigenvalue weighted by Crippen LogP contribution is -2.42. The molecule has 0 aliphatic carbocycles. The molecule has 1 aliphatic rings. The summed E-state index contributed by atoms with van der Waals surface area (Å²) in [4.78, 5) is 36.4. The molecular formula is C18H17N3O4. The summed E-state index contributed by atoms with van der Waals surface area (Å²) in [5.74, 6) is -0.165. The Balaban J connectivity index is 1.80. The summed E-state index contributed by atoms with van der Waals surface area (Å²) in [5.41, 5.74) is 2.10. The van der Waals surface area contributed by atoms with Crippen LogP contribution in [-0.4, -0.2) is 34.9 Å². The number of imide groups is 1. The quantitative estimate of drug-likeness (QED) is 0.720. The average Bonchev–Trinajstić information content (AvgIpc) is 2.91. The number of fused-ring (bicyclic) bond motifs is 1. The summed E-state index contributed by atoms with van der Waals surface area (Å²) >= 11 is 0. The van der Waals surface area contributed by atoms with Gasteiger partial charge in [-0.15, -0.1) is 0 Å². The molecule has 7 nitrogen and oxygen atoms in total. The van der Waals surface area contributed by atoms with Crippen LogP contribution in [0, 0.1) is 0 Å². The number of nitrogens with one attached hydrogen (secondary N) is 2. The minimum absolute atomic E-state index is 0.0389. The number of aromatic hydroxyl groups is 1. The minimum atomic E-state index is -0.634. The summed E-state index contributed by atoms with van der Waals surface area (Å²) in [6.45, 7) is 0.638. The molecule has 7 heteroatoms. The van der Waals surface area contributed by atoms with Crippen LogP contribution < -0.4 is 10.6 Å². The Labute approximate surface area is 144 Å². The van der Waals surface area contributed by atoms with E-state index in [9.17, 15) is 19.5 Å². The summed E-state index contributed by atoms with van der Waals surface area (Å²) in [5, 5.41) is 14.3. The van der Waals surface area contributed by atoms with Crippen molar-refractivity contribution in [2.75, 3.05) is 6.54 Å². The molecule has 128 valence electrons. The molecule has 0 unspecified atom stereocenters. The molecule has 0 spiro atoms. The number of nitrogens with zero attached hydrogens (tertiary/aromatic N) is 1. The Bertz CT molecular complexity index is 807. The van der Waals surface area contributed by atoms with Gasteiger partial charge in [-0.3, -0.25) is 14.9 Å². The normalized spacial score (nSPS) is 13.9. The molecule has 0 saturated carbocycles. The lowest BCUT2D eigenvalue weighted by Gasteiger charge is -2.25. The first-order valence-corrected chi connectivity index (χ1v) is 7.75. The zero-order valence-corrected chi connectivity index (χ0v) is 13.3. The first-order chi connectivity index (χ1) is 12.1. The minimum Gasteiger partial charge on any atom is -0.508 e. The number of phenolic OH excluding ortho intramolecular Hbond substituents is 1. The van der Waals surface area contributed by atoms with Crippen molar-refractivity contribution in [3.05, 3.63) is 65.2 Å². The van der Waals surface area contributed by atoms with E-state index in [2.05, 4.69) is 5.32 Å². The highest BCUT2D eigenvalue weighted by Gasteiger charge is 2.30. The van der Waals surface area contributed by atoms with Crippen LogP contribution in [0.3, 0.4) is 0 Å². The number of hydrogen-bond acceptors (Lipinski definition) is 4. The molecular weight excluding hydrogens is 322 g/mol. The molecule has 3 rings (SSSR count). The maximum absolute atomic E-state index is 12.6. The molecule has 3 N–H and O–H groups in total. The molecule has 1 atom stereocenters. The lowest BCUT2D eigenvalue weighted by molar-refractivity contribution is -0.108. The number of hydrogen-bond donors (Lipinski definition) is 3. The average molecular weight is 339 g/mol. The predicted molar refractivity (Wildman–Crippen MR) is 89.8 cm³/mol. The van der Waals surface area contributed by atoms with Gasteiger partial charge in [-0.25, -0.2) is 4.79 Å². The van der Waals surface area contributed by atoms with E-state index in [-0.39, 0.29) is 18.2 Å². The number of urea groups is 1. The van der Waals surface area contributed by atoms with Crippen molar-refractivity contribution in [2.45, 2.75) is 12.6 Å². The van der Waals surface area contributed by atoms with Crippen molar-refractivity contribution in [1.82, 2.24) is 15.5 Å². The molecule has 25 heavy (non-hydrogen) atoms. The number of phenols is 1.